The van der Waals surface area contributed by atoms with E-state index in [1.54, 1.807) is 0 Å². The first-order chi connectivity index (χ1) is 9.70. The Morgan fingerprint density at radius 2 is 2.05 bits per heavy atom. The third-order valence-corrected chi connectivity index (χ3v) is 3.77. The van der Waals surface area contributed by atoms with Crippen molar-refractivity contribution in [3.8, 4) is 17.3 Å². The summed E-state index contributed by atoms with van der Waals surface area (Å²) in [6, 6.07) is 10.7. The molecule has 0 radical (unpaired) electrons. The molecular formula is C16H18N4. The summed E-state index contributed by atoms with van der Waals surface area (Å²) in [5, 5.41) is 12.7. The van der Waals surface area contributed by atoms with Crippen molar-refractivity contribution >= 4 is 5.95 Å². The first kappa shape index (κ1) is 12.7. The van der Waals surface area contributed by atoms with Crippen LogP contribution in [-0.4, -0.2) is 16.1 Å². The van der Waals surface area contributed by atoms with E-state index in [9.17, 15) is 5.26 Å². The number of hydrogen-bond donors (Lipinski definition) is 1. The van der Waals surface area contributed by atoms with Crippen LogP contribution in [0, 0.1) is 11.3 Å². The van der Waals surface area contributed by atoms with Crippen LogP contribution >= 0.6 is 0 Å². The summed E-state index contributed by atoms with van der Waals surface area (Å²) in [7, 11) is 0. The molecule has 1 aromatic carbocycles. The molecule has 0 unspecified atom stereocenters. The number of benzene rings is 1. The molecule has 0 saturated heterocycles. The average Bonchev–Trinajstić information content (AvgIpc) is 2.85. The summed E-state index contributed by atoms with van der Waals surface area (Å²) < 4.78 is 1.98. The highest BCUT2D eigenvalue weighted by molar-refractivity contribution is 5.68. The zero-order chi connectivity index (χ0) is 14.1. The van der Waals surface area contributed by atoms with Gasteiger partial charge in [0.25, 0.3) is 0 Å². The predicted molar refractivity (Wildman–Crippen MR) is 79.6 cm³/mol. The van der Waals surface area contributed by atoms with Crippen molar-refractivity contribution in [2.24, 2.45) is 0 Å². The normalized spacial score (nSPS) is 13.7. The number of aromatic nitrogens is 2. The van der Waals surface area contributed by atoms with Crippen LogP contribution in [0.15, 0.2) is 24.3 Å². The Bertz CT molecular complexity index is 659. The lowest BCUT2D eigenvalue weighted by Crippen LogP contribution is -2.18. The van der Waals surface area contributed by atoms with Gasteiger partial charge < -0.3 is 9.88 Å². The number of nitrogens with zero attached hydrogens (tertiary/aromatic N) is 3. The van der Waals surface area contributed by atoms with Gasteiger partial charge in [-0.05, 0) is 17.9 Å². The monoisotopic (exact) mass is 266 g/mol. The van der Waals surface area contributed by atoms with Gasteiger partial charge in [-0.3, -0.25) is 0 Å². The van der Waals surface area contributed by atoms with E-state index in [0.29, 0.717) is 11.6 Å². The minimum absolute atomic E-state index is 0.511. The molecule has 0 saturated carbocycles. The lowest BCUT2D eigenvalue weighted by Gasteiger charge is -2.15. The fourth-order valence-corrected chi connectivity index (χ4v) is 2.58. The van der Waals surface area contributed by atoms with Crippen LogP contribution < -0.4 is 5.32 Å². The zero-order valence-corrected chi connectivity index (χ0v) is 11.8. The maximum Gasteiger partial charge on any atom is 0.204 e. The molecule has 1 N–H and O–H groups in total. The van der Waals surface area contributed by atoms with E-state index in [4.69, 9.17) is 0 Å². The maximum absolute atomic E-state index is 9.43. The first-order valence-corrected chi connectivity index (χ1v) is 7.05. The summed E-state index contributed by atoms with van der Waals surface area (Å²) in [4.78, 5) is 4.60. The highest BCUT2D eigenvalue weighted by Gasteiger charge is 2.20. The first-order valence-electron chi connectivity index (χ1n) is 7.05. The molecule has 1 aliphatic heterocycles. The van der Waals surface area contributed by atoms with Gasteiger partial charge in [-0.1, -0.05) is 38.1 Å². The number of fused-ring (bicyclic) bond motifs is 1. The number of imidazole rings is 1. The average molecular weight is 266 g/mol. The molecule has 0 spiro atoms. The van der Waals surface area contributed by atoms with Gasteiger partial charge in [0.05, 0.1) is 0 Å². The quantitative estimate of drug-likeness (QED) is 0.906. The van der Waals surface area contributed by atoms with Gasteiger partial charge in [-0.15, -0.1) is 0 Å². The van der Waals surface area contributed by atoms with Crippen LogP contribution in [0.4, 0.5) is 5.95 Å². The third kappa shape index (κ3) is 2.05. The topological polar surface area (TPSA) is 53.6 Å². The number of hydrogen-bond acceptors (Lipinski definition) is 3. The molecule has 102 valence electrons. The van der Waals surface area contributed by atoms with Crippen LogP contribution in [0.3, 0.4) is 0 Å². The van der Waals surface area contributed by atoms with Gasteiger partial charge in [0.15, 0.2) is 0 Å². The van der Waals surface area contributed by atoms with Crippen molar-refractivity contribution in [2.45, 2.75) is 32.7 Å². The van der Waals surface area contributed by atoms with Gasteiger partial charge in [0.1, 0.15) is 17.5 Å². The molecule has 0 amide bonds. The molecular weight excluding hydrogens is 248 g/mol. The van der Waals surface area contributed by atoms with Gasteiger partial charge in [-0.2, -0.15) is 5.26 Å². The molecule has 20 heavy (non-hydrogen) atoms. The Morgan fingerprint density at radius 1 is 1.30 bits per heavy atom. The van der Waals surface area contributed by atoms with Crippen molar-refractivity contribution in [2.75, 3.05) is 11.9 Å². The van der Waals surface area contributed by atoms with Crippen LogP contribution in [0.2, 0.25) is 0 Å². The Balaban J connectivity index is 2.06. The molecule has 2 heterocycles. The molecule has 0 bridgehead atoms. The highest BCUT2D eigenvalue weighted by atomic mass is 15.2. The number of rotatable bonds is 2. The standard InChI is InChI=1S/C16H18N4/c1-11(2)12-4-6-13(7-5-12)15-14(10-17)20-9-3-8-18-16(20)19-15/h4-7,11H,3,8-9H2,1-2H3,(H,18,19). The molecule has 1 aliphatic rings. The molecule has 2 aromatic rings. The third-order valence-electron chi connectivity index (χ3n) is 3.77. The summed E-state index contributed by atoms with van der Waals surface area (Å²) in [5.41, 5.74) is 3.75. The van der Waals surface area contributed by atoms with Crippen molar-refractivity contribution in [1.82, 2.24) is 9.55 Å². The minimum atomic E-state index is 0.511. The van der Waals surface area contributed by atoms with Crippen molar-refractivity contribution in [3.63, 3.8) is 0 Å². The molecule has 1 aromatic heterocycles. The van der Waals surface area contributed by atoms with Crippen molar-refractivity contribution in [3.05, 3.63) is 35.5 Å². The molecule has 4 nitrogen and oxygen atoms in total. The fraction of sp³-hybridized carbons (Fsp3) is 0.375. The second kappa shape index (κ2) is 5.01. The van der Waals surface area contributed by atoms with E-state index in [-0.39, 0.29) is 0 Å². The zero-order valence-electron chi connectivity index (χ0n) is 11.8. The van der Waals surface area contributed by atoms with Crippen LogP contribution in [-0.2, 0) is 6.54 Å². The Hall–Kier alpha value is -2.28. The second-order valence-corrected chi connectivity index (χ2v) is 5.45. The van der Waals surface area contributed by atoms with E-state index in [0.717, 1.165) is 36.7 Å². The summed E-state index contributed by atoms with van der Waals surface area (Å²) >= 11 is 0. The van der Waals surface area contributed by atoms with E-state index < -0.39 is 0 Å². The van der Waals surface area contributed by atoms with Crippen LogP contribution in [0.1, 0.15) is 37.4 Å². The van der Waals surface area contributed by atoms with Crippen molar-refractivity contribution < 1.29 is 0 Å². The Morgan fingerprint density at radius 3 is 2.70 bits per heavy atom. The van der Waals surface area contributed by atoms with Gasteiger partial charge in [0.2, 0.25) is 5.95 Å². The molecule has 4 heteroatoms. The number of anilines is 1. The Labute approximate surface area is 119 Å². The molecule has 3 rings (SSSR count). The number of nitriles is 1. The van der Waals surface area contributed by atoms with Gasteiger partial charge in [0, 0.05) is 18.7 Å². The molecule has 0 atom stereocenters. The van der Waals surface area contributed by atoms with Crippen LogP contribution in [0.5, 0.6) is 0 Å². The van der Waals surface area contributed by atoms with Crippen molar-refractivity contribution in [1.29, 1.82) is 5.26 Å². The number of nitrogens with one attached hydrogen (secondary N) is 1. The van der Waals surface area contributed by atoms with E-state index in [2.05, 4.69) is 54.5 Å². The lowest BCUT2D eigenvalue weighted by molar-refractivity contribution is 0.622. The predicted octanol–water partition coefficient (Wildman–Crippen LogP) is 3.36. The summed E-state index contributed by atoms with van der Waals surface area (Å²) in [6.45, 7) is 6.14. The SMILES string of the molecule is CC(C)c1ccc(-c2nc3n(c2C#N)CCCN3)cc1. The van der Waals surface area contributed by atoms with Gasteiger partial charge in [-0.25, -0.2) is 4.98 Å². The second-order valence-electron chi connectivity index (χ2n) is 5.45. The Kier molecular flexibility index (Phi) is 3.19. The van der Waals surface area contributed by atoms with E-state index in [1.807, 2.05) is 4.57 Å². The van der Waals surface area contributed by atoms with E-state index >= 15 is 0 Å². The summed E-state index contributed by atoms with van der Waals surface area (Å²) in [6.07, 6.45) is 1.03. The van der Waals surface area contributed by atoms with Gasteiger partial charge >= 0.3 is 0 Å². The van der Waals surface area contributed by atoms with E-state index in [1.165, 1.54) is 5.56 Å². The molecule has 0 fully saturated rings. The highest BCUT2D eigenvalue weighted by Crippen LogP contribution is 2.29. The maximum atomic E-state index is 9.43. The minimum Gasteiger partial charge on any atom is -0.356 e. The molecule has 0 aliphatic carbocycles. The van der Waals surface area contributed by atoms with Crippen LogP contribution in [0.25, 0.3) is 11.3 Å². The smallest absolute Gasteiger partial charge is 0.204 e. The largest absolute Gasteiger partial charge is 0.356 e. The summed E-state index contributed by atoms with van der Waals surface area (Å²) in [5.74, 6) is 1.33. The fourth-order valence-electron chi connectivity index (χ4n) is 2.58. The lowest BCUT2D eigenvalue weighted by atomic mass is 10.0.